The SMILES string of the molecule is CCN(CC)C(=O)C(C)Oc1c(Cl)cccc1CCN. The molecule has 20 heavy (non-hydrogen) atoms. The minimum atomic E-state index is -0.564. The van der Waals surface area contributed by atoms with Crippen molar-refractivity contribution >= 4 is 17.5 Å². The zero-order chi connectivity index (χ0) is 15.1. The Bertz CT molecular complexity index is 447. The Hall–Kier alpha value is -1.26. The average molecular weight is 299 g/mol. The molecule has 1 aromatic carbocycles. The van der Waals surface area contributed by atoms with Crippen molar-refractivity contribution in [3.8, 4) is 5.75 Å². The van der Waals surface area contributed by atoms with Crippen LogP contribution in [-0.2, 0) is 11.2 Å². The second-order valence-electron chi connectivity index (χ2n) is 4.54. The number of hydrogen-bond acceptors (Lipinski definition) is 3. The molecule has 1 amide bonds. The fourth-order valence-corrected chi connectivity index (χ4v) is 2.30. The fraction of sp³-hybridized carbons (Fsp3) is 0.533. The van der Waals surface area contributed by atoms with Crippen LogP contribution in [0.3, 0.4) is 0 Å². The van der Waals surface area contributed by atoms with Gasteiger partial charge < -0.3 is 15.4 Å². The van der Waals surface area contributed by atoms with Gasteiger partial charge in [-0.15, -0.1) is 0 Å². The summed E-state index contributed by atoms with van der Waals surface area (Å²) in [6.45, 7) is 7.49. The van der Waals surface area contributed by atoms with E-state index in [0.717, 1.165) is 5.56 Å². The van der Waals surface area contributed by atoms with Gasteiger partial charge in [0.1, 0.15) is 5.75 Å². The van der Waals surface area contributed by atoms with Crippen molar-refractivity contribution < 1.29 is 9.53 Å². The average Bonchev–Trinajstić information content (AvgIpc) is 2.44. The number of likely N-dealkylation sites (N-methyl/N-ethyl adjacent to an activating group) is 1. The van der Waals surface area contributed by atoms with E-state index < -0.39 is 6.10 Å². The third-order valence-electron chi connectivity index (χ3n) is 3.18. The van der Waals surface area contributed by atoms with Gasteiger partial charge in [0, 0.05) is 13.1 Å². The lowest BCUT2D eigenvalue weighted by molar-refractivity contribution is -0.137. The van der Waals surface area contributed by atoms with Crippen molar-refractivity contribution in [2.75, 3.05) is 19.6 Å². The maximum atomic E-state index is 12.2. The summed E-state index contributed by atoms with van der Waals surface area (Å²) in [6, 6.07) is 5.53. The number of benzene rings is 1. The number of rotatable bonds is 7. The number of amides is 1. The molecule has 5 heteroatoms. The molecule has 0 heterocycles. The molecule has 1 rings (SSSR count). The standard InChI is InChI=1S/C15H23ClN2O2/c1-4-18(5-2)15(19)11(3)20-14-12(9-10-17)7-6-8-13(14)16/h6-8,11H,4-5,9-10,17H2,1-3H3. The number of nitrogens with two attached hydrogens (primary N) is 1. The predicted octanol–water partition coefficient (Wildman–Crippen LogP) is 2.48. The summed E-state index contributed by atoms with van der Waals surface area (Å²) in [5, 5.41) is 0.509. The topological polar surface area (TPSA) is 55.6 Å². The molecule has 0 radical (unpaired) electrons. The number of para-hydroxylation sites is 1. The first-order valence-electron chi connectivity index (χ1n) is 6.98. The molecule has 2 N–H and O–H groups in total. The van der Waals surface area contributed by atoms with Crippen LogP contribution in [0.4, 0.5) is 0 Å². The molecule has 1 unspecified atom stereocenters. The summed E-state index contributed by atoms with van der Waals surface area (Å²) in [7, 11) is 0. The summed E-state index contributed by atoms with van der Waals surface area (Å²) in [5.74, 6) is 0.529. The van der Waals surface area contributed by atoms with E-state index in [4.69, 9.17) is 22.1 Å². The number of ether oxygens (including phenoxy) is 1. The minimum Gasteiger partial charge on any atom is -0.479 e. The molecule has 0 aromatic heterocycles. The van der Waals surface area contributed by atoms with Crippen LogP contribution in [0.5, 0.6) is 5.75 Å². The smallest absolute Gasteiger partial charge is 0.263 e. The van der Waals surface area contributed by atoms with Crippen LogP contribution < -0.4 is 10.5 Å². The van der Waals surface area contributed by atoms with Gasteiger partial charge in [-0.05, 0) is 45.4 Å². The molecule has 0 bridgehead atoms. The van der Waals surface area contributed by atoms with E-state index in [9.17, 15) is 4.79 Å². The van der Waals surface area contributed by atoms with E-state index in [0.29, 0.717) is 36.8 Å². The first-order valence-corrected chi connectivity index (χ1v) is 7.35. The van der Waals surface area contributed by atoms with Crippen LogP contribution in [0, 0.1) is 0 Å². The van der Waals surface area contributed by atoms with Crippen molar-refractivity contribution in [2.24, 2.45) is 5.73 Å². The summed E-state index contributed by atoms with van der Waals surface area (Å²) >= 11 is 6.17. The van der Waals surface area contributed by atoms with Gasteiger partial charge in [0.05, 0.1) is 5.02 Å². The van der Waals surface area contributed by atoms with Gasteiger partial charge in [0.15, 0.2) is 6.10 Å². The molecule has 0 spiro atoms. The largest absolute Gasteiger partial charge is 0.479 e. The van der Waals surface area contributed by atoms with Gasteiger partial charge in [-0.2, -0.15) is 0 Å². The Morgan fingerprint density at radius 1 is 1.40 bits per heavy atom. The zero-order valence-electron chi connectivity index (χ0n) is 12.4. The Labute approximate surface area is 125 Å². The first-order chi connectivity index (χ1) is 9.54. The van der Waals surface area contributed by atoms with E-state index in [-0.39, 0.29) is 5.91 Å². The van der Waals surface area contributed by atoms with Crippen LogP contribution in [0.1, 0.15) is 26.3 Å². The second kappa shape index (κ2) is 8.12. The molecule has 4 nitrogen and oxygen atoms in total. The molecular formula is C15H23ClN2O2. The highest BCUT2D eigenvalue weighted by Crippen LogP contribution is 2.30. The van der Waals surface area contributed by atoms with Crippen molar-refractivity contribution in [1.29, 1.82) is 0 Å². The van der Waals surface area contributed by atoms with Crippen LogP contribution in [0.15, 0.2) is 18.2 Å². The molecular weight excluding hydrogens is 276 g/mol. The van der Waals surface area contributed by atoms with E-state index in [1.54, 1.807) is 17.9 Å². The van der Waals surface area contributed by atoms with E-state index >= 15 is 0 Å². The van der Waals surface area contributed by atoms with Gasteiger partial charge in [-0.1, -0.05) is 23.7 Å². The summed E-state index contributed by atoms with van der Waals surface area (Å²) in [4.78, 5) is 14.0. The summed E-state index contributed by atoms with van der Waals surface area (Å²) in [6.07, 6.45) is 0.105. The van der Waals surface area contributed by atoms with E-state index in [1.165, 1.54) is 0 Å². The lowest BCUT2D eigenvalue weighted by Crippen LogP contribution is -2.40. The van der Waals surface area contributed by atoms with E-state index in [1.807, 2.05) is 26.0 Å². The first kappa shape index (κ1) is 16.8. The van der Waals surface area contributed by atoms with Crippen LogP contribution in [0.2, 0.25) is 5.02 Å². The summed E-state index contributed by atoms with van der Waals surface area (Å²) < 4.78 is 5.80. The van der Waals surface area contributed by atoms with Crippen LogP contribution >= 0.6 is 11.6 Å². The highest BCUT2D eigenvalue weighted by atomic mass is 35.5. The second-order valence-corrected chi connectivity index (χ2v) is 4.94. The number of hydrogen-bond donors (Lipinski definition) is 1. The van der Waals surface area contributed by atoms with Gasteiger partial charge in [-0.3, -0.25) is 4.79 Å². The Kier molecular flexibility index (Phi) is 6.82. The van der Waals surface area contributed by atoms with Gasteiger partial charge >= 0.3 is 0 Å². The van der Waals surface area contributed by atoms with Gasteiger partial charge in [-0.25, -0.2) is 0 Å². The molecule has 0 saturated carbocycles. The lowest BCUT2D eigenvalue weighted by Gasteiger charge is -2.24. The maximum absolute atomic E-state index is 12.2. The molecule has 1 atom stereocenters. The Morgan fingerprint density at radius 2 is 2.05 bits per heavy atom. The minimum absolute atomic E-state index is 0.0337. The number of nitrogens with zero attached hydrogens (tertiary/aromatic N) is 1. The lowest BCUT2D eigenvalue weighted by atomic mass is 10.1. The maximum Gasteiger partial charge on any atom is 0.263 e. The van der Waals surface area contributed by atoms with Crippen LogP contribution in [-0.4, -0.2) is 36.5 Å². The zero-order valence-corrected chi connectivity index (χ0v) is 13.1. The fourth-order valence-electron chi connectivity index (χ4n) is 2.06. The molecule has 0 saturated heterocycles. The van der Waals surface area contributed by atoms with Crippen LogP contribution in [0.25, 0.3) is 0 Å². The molecule has 1 aromatic rings. The third kappa shape index (κ3) is 4.12. The molecule has 0 fully saturated rings. The summed E-state index contributed by atoms with van der Waals surface area (Å²) in [5.41, 5.74) is 6.52. The molecule has 0 aliphatic heterocycles. The number of carbonyl (C=O) groups excluding carboxylic acids is 1. The highest BCUT2D eigenvalue weighted by Gasteiger charge is 2.21. The third-order valence-corrected chi connectivity index (χ3v) is 3.48. The number of halogens is 1. The van der Waals surface area contributed by atoms with Crippen molar-refractivity contribution in [1.82, 2.24) is 4.90 Å². The van der Waals surface area contributed by atoms with Gasteiger partial charge in [0.25, 0.3) is 5.91 Å². The van der Waals surface area contributed by atoms with Crippen molar-refractivity contribution in [3.63, 3.8) is 0 Å². The normalized spacial score (nSPS) is 12.1. The molecule has 0 aliphatic carbocycles. The molecule has 0 aliphatic rings. The number of carbonyl (C=O) groups is 1. The monoisotopic (exact) mass is 298 g/mol. The Balaban J connectivity index is 2.89. The quantitative estimate of drug-likeness (QED) is 0.841. The van der Waals surface area contributed by atoms with Crippen molar-refractivity contribution in [3.05, 3.63) is 28.8 Å². The predicted molar refractivity (Wildman–Crippen MR) is 82.2 cm³/mol. The molecule has 112 valence electrons. The highest BCUT2D eigenvalue weighted by molar-refractivity contribution is 6.32. The van der Waals surface area contributed by atoms with Crippen molar-refractivity contribution in [2.45, 2.75) is 33.3 Å². The Morgan fingerprint density at radius 3 is 2.60 bits per heavy atom. The van der Waals surface area contributed by atoms with Gasteiger partial charge in [0.2, 0.25) is 0 Å². The van der Waals surface area contributed by atoms with E-state index in [2.05, 4.69) is 0 Å².